The van der Waals surface area contributed by atoms with Crippen LogP contribution in [0.4, 0.5) is 0 Å². The van der Waals surface area contributed by atoms with Crippen LogP contribution in [-0.2, 0) is 6.42 Å². The van der Waals surface area contributed by atoms with E-state index in [9.17, 15) is 0 Å². The van der Waals surface area contributed by atoms with Gasteiger partial charge in [0, 0.05) is 0 Å². The van der Waals surface area contributed by atoms with Crippen LogP contribution < -0.4 is 5.32 Å². The van der Waals surface area contributed by atoms with Gasteiger partial charge >= 0.3 is 0 Å². The second-order valence-corrected chi connectivity index (χ2v) is 4.45. The highest BCUT2D eigenvalue weighted by Crippen LogP contribution is 2.35. The predicted octanol–water partition coefficient (Wildman–Crippen LogP) is 3.87. The molecule has 1 heteroatoms. The molecule has 0 heterocycles. The summed E-state index contributed by atoms with van der Waals surface area (Å²) in [5.41, 5.74) is 5.75. The van der Waals surface area contributed by atoms with Gasteiger partial charge in [-0.25, -0.2) is 0 Å². The fraction of sp³-hybridized carbons (Fsp3) is 0.294. The Morgan fingerprint density at radius 1 is 0.778 bits per heavy atom. The zero-order valence-electron chi connectivity index (χ0n) is 11.2. The lowest BCUT2D eigenvalue weighted by atomic mass is 10.1. The zero-order valence-corrected chi connectivity index (χ0v) is 11.2. The number of fused-ring (bicyclic) bond motifs is 3. The van der Waals surface area contributed by atoms with Gasteiger partial charge in [-0.15, -0.1) is 0 Å². The molecule has 0 spiro atoms. The maximum absolute atomic E-state index is 3.11. The number of nitrogens with one attached hydrogen (secondary N) is 1. The summed E-state index contributed by atoms with van der Waals surface area (Å²) in [5, 5.41) is 3.11. The minimum absolute atomic E-state index is 1.09. The highest BCUT2D eigenvalue weighted by molar-refractivity contribution is 5.76. The normalized spacial score (nSPS) is 11.2. The minimum Gasteiger partial charge on any atom is -0.317 e. The molecule has 0 fully saturated rings. The van der Waals surface area contributed by atoms with Crippen molar-refractivity contribution in [3.63, 3.8) is 0 Å². The Balaban J connectivity index is 0.000000209. The molecule has 0 bridgehead atoms. The van der Waals surface area contributed by atoms with Gasteiger partial charge in [0.15, 0.2) is 0 Å². The van der Waals surface area contributed by atoms with E-state index in [4.69, 9.17) is 0 Å². The molecule has 94 valence electrons. The fourth-order valence-electron chi connectivity index (χ4n) is 2.33. The number of rotatable bonds is 2. The fourth-order valence-corrected chi connectivity index (χ4v) is 2.33. The molecule has 1 aliphatic carbocycles. The topological polar surface area (TPSA) is 12.0 Å². The summed E-state index contributed by atoms with van der Waals surface area (Å²) in [4.78, 5) is 0. The maximum Gasteiger partial charge on any atom is -0.00135 e. The molecular formula is C17H21N. The van der Waals surface area contributed by atoms with E-state index >= 15 is 0 Å². The smallest absolute Gasteiger partial charge is 0.00135 e. The van der Waals surface area contributed by atoms with Crippen molar-refractivity contribution < 1.29 is 0 Å². The molecule has 0 radical (unpaired) electrons. The van der Waals surface area contributed by atoms with Crippen molar-refractivity contribution >= 4 is 0 Å². The molecule has 2 aromatic rings. The highest BCUT2D eigenvalue weighted by Gasteiger charge is 2.15. The van der Waals surface area contributed by atoms with Crippen LogP contribution >= 0.6 is 0 Å². The van der Waals surface area contributed by atoms with E-state index in [1.807, 2.05) is 0 Å². The lowest BCUT2D eigenvalue weighted by Gasteiger charge is -1.98. The monoisotopic (exact) mass is 239 g/mol. The van der Waals surface area contributed by atoms with Crippen molar-refractivity contribution in [3.8, 4) is 11.1 Å². The summed E-state index contributed by atoms with van der Waals surface area (Å²) in [6.07, 6.45) is 1.10. The van der Waals surface area contributed by atoms with Gasteiger partial charge in [0.25, 0.3) is 0 Å². The zero-order chi connectivity index (χ0) is 12.8. The van der Waals surface area contributed by atoms with Crippen LogP contribution in [0, 0.1) is 0 Å². The quantitative estimate of drug-likeness (QED) is 0.715. The summed E-state index contributed by atoms with van der Waals surface area (Å²) in [6.45, 7) is 6.39. The first-order chi connectivity index (χ1) is 8.86. The van der Waals surface area contributed by atoms with E-state index in [2.05, 4.69) is 67.7 Å². The van der Waals surface area contributed by atoms with Gasteiger partial charge in [0.05, 0.1) is 0 Å². The standard InChI is InChI=1S/C13H10.C4H11N/c1-3-7-12-10(5-1)9-11-6-2-4-8-13(11)12;1-3-5-4-2/h1-8H,9H2;5H,3-4H2,1-2H3. The third-order valence-corrected chi connectivity index (χ3v) is 3.21. The van der Waals surface area contributed by atoms with Crippen LogP contribution in [0.2, 0.25) is 0 Å². The molecule has 1 nitrogen and oxygen atoms in total. The van der Waals surface area contributed by atoms with Crippen LogP contribution in [0.1, 0.15) is 25.0 Å². The second kappa shape index (κ2) is 6.36. The molecule has 1 aliphatic rings. The number of hydrogen-bond donors (Lipinski definition) is 1. The second-order valence-electron chi connectivity index (χ2n) is 4.45. The highest BCUT2D eigenvalue weighted by atomic mass is 14.8. The Morgan fingerprint density at radius 3 is 1.61 bits per heavy atom. The SMILES string of the molecule is CCNCC.c1ccc2c(c1)Cc1ccccc1-2. The summed E-state index contributed by atoms with van der Waals surface area (Å²) in [6, 6.07) is 17.3. The van der Waals surface area contributed by atoms with Crippen LogP contribution in [-0.4, -0.2) is 13.1 Å². The summed E-state index contributed by atoms with van der Waals surface area (Å²) in [5.74, 6) is 0. The van der Waals surface area contributed by atoms with E-state index in [-0.39, 0.29) is 0 Å². The van der Waals surface area contributed by atoms with E-state index in [1.54, 1.807) is 0 Å². The molecule has 18 heavy (non-hydrogen) atoms. The number of benzene rings is 2. The number of hydrogen-bond acceptors (Lipinski definition) is 1. The Kier molecular flexibility index (Phi) is 4.54. The molecule has 0 aliphatic heterocycles. The van der Waals surface area contributed by atoms with Crippen molar-refractivity contribution in [1.82, 2.24) is 5.32 Å². The molecule has 1 N–H and O–H groups in total. The van der Waals surface area contributed by atoms with Crippen molar-refractivity contribution in [2.75, 3.05) is 13.1 Å². The predicted molar refractivity (Wildman–Crippen MR) is 78.9 cm³/mol. The molecule has 2 aromatic carbocycles. The van der Waals surface area contributed by atoms with Crippen LogP contribution in [0.25, 0.3) is 11.1 Å². The van der Waals surface area contributed by atoms with Crippen LogP contribution in [0.15, 0.2) is 48.5 Å². The van der Waals surface area contributed by atoms with Crippen molar-refractivity contribution in [1.29, 1.82) is 0 Å². The van der Waals surface area contributed by atoms with E-state index in [0.29, 0.717) is 0 Å². The first-order valence-electron chi connectivity index (χ1n) is 6.73. The van der Waals surface area contributed by atoms with E-state index < -0.39 is 0 Å². The average Bonchev–Trinajstić information content (AvgIpc) is 2.79. The van der Waals surface area contributed by atoms with Gasteiger partial charge in [-0.05, 0) is 41.8 Å². The van der Waals surface area contributed by atoms with Gasteiger partial charge in [-0.2, -0.15) is 0 Å². The molecule has 0 atom stereocenters. The maximum atomic E-state index is 3.11. The largest absolute Gasteiger partial charge is 0.317 e. The molecule has 0 unspecified atom stereocenters. The molecule has 0 aromatic heterocycles. The van der Waals surface area contributed by atoms with Crippen molar-refractivity contribution in [2.45, 2.75) is 20.3 Å². The Hall–Kier alpha value is -1.60. The van der Waals surface area contributed by atoms with E-state index in [1.165, 1.54) is 22.3 Å². The summed E-state index contributed by atoms with van der Waals surface area (Å²) >= 11 is 0. The van der Waals surface area contributed by atoms with Crippen LogP contribution in [0.5, 0.6) is 0 Å². The first kappa shape index (κ1) is 12.8. The van der Waals surface area contributed by atoms with Crippen molar-refractivity contribution in [2.24, 2.45) is 0 Å². The van der Waals surface area contributed by atoms with E-state index in [0.717, 1.165) is 19.5 Å². The lowest BCUT2D eigenvalue weighted by molar-refractivity contribution is 0.762. The molecular weight excluding hydrogens is 218 g/mol. The molecule has 0 saturated carbocycles. The third kappa shape index (κ3) is 2.80. The summed E-state index contributed by atoms with van der Waals surface area (Å²) in [7, 11) is 0. The first-order valence-corrected chi connectivity index (χ1v) is 6.73. The Morgan fingerprint density at radius 2 is 1.22 bits per heavy atom. The van der Waals surface area contributed by atoms with Gasteiger partial charge in [0.1, 0.15) is 0 Å². The molecule has 0 saturated heterocycles. The van der Waals surface area contributed by atoms with Gasteiger partial charge in [-0.3, -0.25) is 0 Å². The van der Waals surface area contributed by atoms with Crippen molar-refractivity contribution in [3.05, 3.63) is 59.7 Å². The minimum atomic E-state index is 1.09. The Labute approximate surface area is 110 Å². The summed E-state index contributed by atoms with van der Waals surface area (Å²) < 4.78 is 0. The van der Waals surface area contributed by atoms with Crippen LogP contribution in [0.3, 0.4) is 0 Å². The molecule has 0 amide bonds. The molecule has 3 rings (SSSR count). The average molecular weight is 239 g/mol. The van der Waals surface area contributed by atoms with Gasteiger partial charge < -0.3 is 5.32 Å². The Bertz CT molecular complexity index is 457. The van der Waals surface area contributed by atoms with Gasteiger partial charge in [0.2, 0.25) is 0 Å². The third-order valence-electron chi connectivity index (χ3n) is 3.21. The lowest BCUT2D eigenvalue weighted by Crippen LogP contribution is -2.09. The van der Waals surface area contributed by atoms with Gasteiger partial charge in [-0.1, -0.05) is 62.4 Å².